The van der Waals surface area contributed by atoms with Gasteiger partial charge in [-0.3, -0.25) is 0 Å². The molecular weight excluding hydrogens is 314 g/mol. The van der Waals surface area contributed by atoms with Crippen molar-refractivity contribution in [3.05, 3.63) is 96.1 Å². The number of nitrogens with one attached hydrogen (secondary N) is 1. The summed E-state index contributed by atoms with van der Waals surface area (Å²) in [5, 5.41) is 9.03. The quantitative estimate of drug-likeness (QED) is 0.492. The largest absolute Gasteiger partial charge is 0.313 e. The average Bonchev–Trinajstić information content (AvgIpc) is 3.22. The van der Waals surface area contributed by atoms with E-state index in [2.05, 4.69) is 90.2 Å². The predicted octanol–water partition coefficient (Wildman–Crippen LogP) is 5.88. The van der Waals surface area contributed by atoms with E-state index >= 15 is 0 Å². The molecule has 0 aromatic heterocycles. The van der Waals surface area contributed by atoms with Gasteiger partial charge in [-0.25, -0.2) is 0 Å². The summed E-state index contributed by atoms with van der Waals surface area (Å²) < 4.78 is 0. The molecule has 5 rings (SSSR count). The highest BCUT2D eigenvalue weighted by atomic mass is 14.9. The minimum Gasteiger partial charge on any atom is -0.313 e. The molecule has 1 N–H and O–H groups in total. The second kappa shape index (κ2) is 6.59. The Bertz CT molecular complexity index is 980. The molecule has 0 saturated carbocycles. The Hall–Kier alpha value is -2.64. The smallest absolute Gasteiger partial charge is 0.0243 e. The van der Waals surface area contributed by atoms with Gasteiger partial charge in [0.1, 0.15) is 0 Å². The van der Waals surface area contributed by atoms with Crippen LogP contribution >= 0.6 is 0 Å². The Morgan fingerprint density at radius 2 is 1.19 bits per heavy atom. The average molecular weight is 337 g/mol. The van der Waals surface area contributed by atoms with Gasteiger partial charge < -0.3 is 5.32 Å². The van der Waals surface area contributed by atoms with Crippen LogP contribution in [0.15, 0.2) is 84.9 Å². The summed E-state index contributed by atoms with van der Waals surface area (Å²) in [6.45, 7) is 1.13. The van der Waals surface area contributed by atoms with Crippen LogP contribution in [-0.4, -0.2) is 12.6 Å². The number of rotatable bonds is 3. The van der Waals surface area contributed by atoms with Crippen LogP contribution in [0, 0.1) is 0 Å². The maximum atomic E-state index is 3.75. The number of hydrogen-bond donors (Lipinski definition) is 1. The highest BCUT2D eigenvalue weighted by molar-refractivity contribution is 5.84. The summed E-state index contributed by atoms with van der Waals surface area (Å²) >= 11 is 0. The molecule has 1 heterocycles. The van der Waals surface area contributed by atoms with Crippen molar-refractivity contribution < 1.29 is 0 Å². The van der Waals surface area contributed by atoms with Gasteiger partial charge in [-0.2, -0.15) is 0 Å². The summed E-state index contributed by atoms with van der Waals surface area (Å²) in [5.41, 5.74) is 2.83. The summed E-state index contributed by atoms with van der Waals surface area (Å²) in [6.07, 6.45) is 2.51. The van der Waals surface area contributed by atoms with Gasteiger partial charge in [-0.05, 0) is 52.1 Å². The van der Waals surface area contributed by atoms with Crippen LogP contribution in [-0.2, 0) is 0 Å². The first-order valence-corrected chi connectivity index (χ1v) is 9.59. The molecule has 0 unspecified atom stereocenters. The van der Waals surface area contributed by atoms with E-state index in [1.807, 2.05) is 0 Å². The standard InChI is InChI=1S/C25H23N/c1-3-8-20-16-22(13-11-18(20)6-1)25(24-10-5-15-26-24)23-14-12-19-7-2-4-9-21(19)17-23/h1-4,6-9,11-14,16-17,24-26H,5,10,15H2/t24-/m0/s1. The van der Waals surface area contributed by atoms with Crippen molar-refractivity contribution in [2.24, 2.45) is 0 Å². The Kier molecular flexibility index (Phi) is 3.95. The summed E-state index contributed by atoms with van der Waals surface area (Å²) in [4.78, 5) is 0. The van der Waals surface area contributed by atoms with Gasteiger partial charge >= 0.3 is 0 Å². The van der Waals surface area contributed by atoms with Gasteiger partial charge in [-0.1, -0.05) is 84.9 Å². The van der Waals surface area contributed by atoms with E-state index in [0.717, 1.165) is 6.54 Å². The molecule has 4 aromatic rings. The molecule has 0 radical (unpaired) electrons. The third kappa shape index (κ3) is 2.79. The lowest BCUT2D eigenvalue weighted by Gasteiger charge is -2.26. The molecule has 26 heavy (non-hydrogen) atoms. The van der Waals surface area contributed by atoms with Crippen LogP contribution in [0.1, 0.15) is 29.9 Å². The van der Waals surface area contributed by atoms with Gasteiger partial charge in [-0.15, -0.1) is 0 Å². The highest BCUT2D eigenvalue weighted by Gasteiger charge is 2.27. The number of benzene rings is 4. The van der Waals surface area contributed by atoms with Gasteiger partial charge in [0.25, 0.3) is 0 Å². The number of hydrogen-bond acceptors (Lipinski definition) is 1. The fourth-order valence-corrected chi connectivity index (χ4v) is 4.46. The Morgan fingerprint density at radius 1 is 0.654 bits per heavy atom. The Morgan fingerprint density at radius 3 is 1.69 bits per heavy atom. The van der Waals surface area contributed by atoms with E-state index in [1.54, 1.807) is 0 Å². The molecule has 4 aromatic carbocycles. The summed E-state index contributed by atoms with van der Waals surface area (Å²) in [5.74, 6) is 0.395. The lowest BCUT2D eigenvalue weighted by molar-refractivity contribution is 0.541. The van der Waals surface area contributed by atoms with Crippen molar-refractivity contribution in [2.45, 2.75) is 24.8 Å². The normalized spacial score (nSPS) is 17.3. The van der Waals surface area contributed by atoms with Crippen molar-refractivity contribution in [1.82, 2.24) is 5.32 Å². The molecule has 0 spiro atoms. The zero-order valence-electron chi connectivity index (χ0n) is 14.9. The molecule has 1 fully saturated rings. The van der Waals surface area contributed by atoms with E-state index in [-0.39, 0.29) is 0 Å². The Balaban J connectivity index is 1.65. The first-order chi connectivity index (χ1) is 12.9. The lowest BCUT2D eigenvalue weighted by Crippen LogP contribution is -2.29. The van der Waals surface area contributed by atoms with Gasteiger partial charge in [0.15, 0.2) is 0 Å². The zero-order valence-corrected chi connectivity index (χ0v) is 14.9. The minimum atomic E-state index is 0.395. The van der Waals surface area contributed by atoms with Crippen molar-refractivity contribution in [3.8, 4) is 0 Å². The maximum absolute atomic E-state index is 3.75. The van der Waals surface area contributed by atoms with Gasteiger partial charge in [0.2, 0.25) is 0 Å². The third-order valence-corrected chi connectivity index (χ3v) is 5.77. The predicted molar refractivity (Wildman–Crippen MR) is 111 cm³/mol. The van der Waals surface area contributed by atoms with Crippen molar-refractivity contribution >= 4 is 21.5 Å². The molecule has 0 bridgehead atoms. The minimum absolute atomic E-state index is 0.395. The fraction of sp³-hybridized carbons (Fsp3) is 0.200. The zero-order chi connectivity index (χ0) is 17.3. The molecule has 1 atom stereocenters. The number of fused-ring (bicyclic) bond motifs is 2. The van der Waals surface area contributed by atoms with Crippen molar-refractivity contribution in [1.29, 1.82) is 0 Å². The van der Waals surface area contributed by atoms with Gasteiger partial charge in [0, 0.05) is 12.0 Å². The molecule has 1 saturated heterocycles. The molecule has 1 nitrogen and oxygen atoms in total. The highest BCUT2D eigenvalue weighted by Crippen LogP contribution is 2.35. The van der Waals surface area contributed by atoms with Crippen LogP contribution in [0.25, 0.3) is 21.5 Å². The molecule has 1 heteroatoms. The van der Waals surface area contributed by atoms with E-state index in [0.29, 0.717) is 12.0 Å². The van der Waals surface area contributed by atoms with Gasteiger partial charge in [0.05, 0.1) is 0 Å². The fourth-order valence-electron chi connectivity index (χ4n) is 4.46. The first kappa shape index (κ1) is 15.6. The first-order valence-electron chi connectivity index (χ1n) is 9.59. The third-order valence-electron chi connectivity index (χ3n) is 5.77. The van der Waals surface area contributed by atoms with Crippen LogP contribution < -0.4 is 5.32 Å². The topological polar surface area (TPSA) is 12.0 Å². The maximum Gasteiger partial charge on any atom is 0.0243 e. The van der Waals surface area contributed by atoms with E-state index in [9.17, 15) is 0 Å². The second-order valence-corrected chi connectivity index (χ2v) is 7.39. The van der Waals surface area contributed by atoms with Crippen molar-refractivity contribution in [3.63, 3.8) is 0 Å². The second-order valence-electron chi connectivity index (χ2n) is 7.39. The van der Waals surface area contributed by atoms with Crippen LogP contribution in [0.2, 0.25) is 0 Å². The van der Waals surface area contributed by atoms with Crippen LogP contribution in [0.5, 0.6) is 0 Å². The molecule has 128 valence electrons. The lowest BCUT2D eigenvalue weighted by atomic mass is 9.83. The van der Waals surface area contributed by atoms with Crippen LogP contribution in [0.3, 0.4) is 0 Å². The molecule has 0 aliphatic carbocycles. The SMILES string of the molecule is c1ccc2cc(C(c3ccc4ccccc4c3)[C@@H]3CCCN3)ccc2c1. The monoisotopic (exact) mass is 337 g/mol. The molecule has 1 aliphatic rings. The van der Waals surface area contributed by atoms with Crippen molar-refractivity contribution in [2.75, 3.05) is 6.54 Å². The van der Waals surface area contributed by atoms with E-state index in [4.69, 9.17) is 0 Å². The molecule has 1 aliphatic heterocycles. The summed E-state index contributed by atoms with van der Waals surface area (Å²) in [6, 6.07) is 31.8. The van der Waals surface area contributed by atoms with Crippen LogP contribution in [0.4, 0.5) is 0 Å². The molecular formula is C25H23N. The van der Waals surface area contributed by atoms with E-state index in [1.165, 1.54) is 45.5 Å². The Labute approximate surface area is 154 Å². The van der Waals surface area contributed by atoms with E-state index < -0.39 is 0 Å². The molecule has 0 amide bonds. The summed E-state index contributed by atoms with van der Waals surface area (Å²) in [7, 11) is 0.